The zero-order chi connectivity index (χ0) is 16.1. The number of carbonyl (C=O) groups excluding carboxylic acids is 1. The number of rotatable bonds is 6. The van der Waals surface area contributed by atoms with Crippen LogP contribution in [0.4, 0.5) is 5.13 Å². The maximum Gasteiger partial charge on any atom is 0.293 e. The van der Waals surface area contributed by atoms with Gasteiger partial charge in [-0.1, -0.05) is 29.5 Å². The fraction of sp³-hybridized carbons (Fsp3) is 0.188. The summed E-state index contributed by atoms with van der Waals surface area (Å²) in [6.07, 6.45) is 2.98. The summed E-state index contributed by atoms with van der Waals surface area (Å²) < 4.78 is 10.4. The molecule has 118 valence electrons. The van der Waals surface area contributed by atoms with Crippen LogP contribution in [0.5, 0.6) is 5.75 Å². The first-order chi connectivity index (χ1) is 11.3. The highest BCUT2D eigenvalue weighted by Gasteiger charge is 2.12. The molecule has 2 heterocycles. The largest absolute Gasteiger partial charge is 0.496 e. The van der Waals surface area contributed by atoms with Crippen LogP contribution in [0.25, 0.3) is 0 Å². The van der Waals surface area contributed by atoms with Crippen molar-refractivity contribution in [3.8, 4) is 5.75 Å². The summed E-state index contributed by atoms with van der Waals surface area (Å²) in [7, 11) is 1.66. The van der Waals surface area contributed by atoms with Gasteiger partial charge in [-0.05, 0) is 30.2 Å². The van der Waals surface area contributed by atoms with Crippen LogP contribution >= 0.6 is 11.3 Å². The number of benzene rings is 1. The molecule has 0 aliphatic carbocycles. The minimum Gasteiger partial charge on any atom is -0.496 e. The van der Waals surface area contributed by atoms with Gasteiger partial charge in [-0.25, -0.2) is 0 Å². The number of amides is 1. The van der Waals surface area contributed by atoms with Gasteiger partial charge in [0.1, 0.15) is 10.8 Å². The van der Waals surface area contributed by atoms with E-state index in [1.54, 1.807) is 19.2 Å². The van der Waals surface area contributed by atoms with E-state index in [0.717, 1.165) is 29.2 Å². The molecule has 2 aromatic heterocycles. The molecule has 23 heavy (non-hydrogen) atoms. The van der Waals surface area contributed by atoms with E-state index >= 15 is 0 Å². The molecule has 0 saturated heterocycles. The van der Waals surface area contributed by atoms with Gasteiger partial charge in [-0.15, -0.1) is 10.2 Å². The molecule has 6 nitrogen and oxygen atoms in total. The Labute approximate surface area is 137 Å². The molecular formula is C16H15N3O3S. The van der Waals surface area contributed by atoms with E-state index in [9.17, 15) is 4.79 Å². The highest BCUT2D eigenvalue weighted by molar-refractivity contribution is 7.15. The van der Waals surface area contributed by atoms with Crippen LogP contribution in [0, 0.1) is 0 Å². The molecular weight excluding hydrogens is 314 g/mol. The molecule has 0 unspecified atom stereocenters. The van der Waals surface area contributed by atoms with E-state index in [-0.39, 0.29) is 11.7 Å². The zero-order valence-corrected chi connectivity index (χ0v) is 13.3. The van der Waals surface area contributed by atoms with Crippen molar-refractivity contribution < 1.29 is 13.9 Å². The molecule has 3 rings (SSSR count). The number of carbonyl (C=O) groups is 1. The number of ether oxygens (including phenoxy) is 1. The number of hydrogen-bond acceptors (Lipinski definition) is 6. The lowest BCUT2D eigenvalue weighted by molar-refractivity contribution is 0.0996. The predicted octanol–water partition coefficient (Wildman–Crippen LogP) is 3.18. The van der Waals surface area contributed by atoms with Gasteiger partial charge in [-0.2, -0.15) is 0 Å². The molecule has 1 aromatic carbocycles. The second-order valence-corrected chi connectivity index (χ2v) is 5.81. The predicted molar refractivity (Wildman–Crippen MR) is 87.0 cm³/mol. The summed E-state index contributed by atoms with van der Waals surface area (Å²) in [5.41, 5.74) is 1.12. The summed E-state index contributed by atoms with van der Waals surface area (Å²) >= 11 is 1.35. The number of hydrogen-bond donors (Lipinski definition) is 1. The van der Waals surface area contributed by atoms with Gasteiger partial charge in [0.15, 0.2) is 5.76 Å². The second-order valence-electron chi connectivity index (χ2n) is 4.74. The van der Waals surface area contributed by atoms with Crippen molar-refractivity contribution in [3.05, 3.63) is 59.0 Å². The molecule has 0 aliphatic heterocycles. The summed E-state index contributed by atoms with van der Waals surface area (Å²) in [5, 5.41) is 12.1. The minimum atomic E-state index is -0.331. The Hall–Kier alpha value is -2.67. The highest BCUT2D eigenvalue weighted by atomic mass is 32.1. The zero-order valence-electron chi connectivity index (χ0n) is 12.5. The van der Waals surface area contributed by atoms with Gasteiger partial charge >= 0.3 is 0 Å². The molecule has 0 radical (unpaired) electrons. The van der Waals surface area contributed by atoms with Gasteiger partial charge in [-0.3, -0.25) is 10.1 Å². The number of para-hydroxylation sites is 1. The van der Waals surface area contributed by atoms with E-state index in [1.807, 2.05) is 24.3 Å². The molecule has 0 bridgehead atoms. The van der Waals surface area contributed by atoms with Gasteiger partial charge in [0.25, 0.3) is 5.91 Å². The number of aryl methyl sites for hydroxylation is 2. The summed E-state index contributed by atoms with van der Waals surface area (Å²) in [5.74, 6) is 0.779. The summed E-state index contributed by atoms with van der Waals surface area (Å²) in [6, 6.07) is 11.1. The lowest BCUT2D eigenvalue weighted by Crippen LogP contribution is -2.10. The van der Waals surface area contributed by atoms with Crippen molar-refractivity contribution in [1.29, 1.82) is 0 Å². The normalized spacial score (nSPS) is 10.5. The van der Waals surface area contributed by atoms with Crippen molar-refractivity contribution >= 4 is 22.4 Å². The highest BCUT2D eigenvalue weighted by Crippen LogP contribution is 2.22. The molecule has 0 saturated carbocycles. The average molecular weight is 329 g/mol. The van der Waals surface area contributed by atoms with E-state index in [4.69, 9.17) is 9.15 Å². The Morgan fingerprint density at radius 1 is 1.22 bits per heavy atom. The molecule has 3 aromatic rings. The lowest BCUT2D eigenvalue weighted by Gasteiger charge is -2.06. The van der Waals surface area contributed by atoms with Crippen LogP contribution in [-0.2, 0) is 12.8 Å². The number of aromatic nitrogens is 2. The topological polar surface area (TPSA) is 77.3 Å². The van der Waals surface area contributed by atoms with Crippen LogP contribution in [0.1, 0.15) is 21.1 Å². The molecule has 1 amide bonds. The van der Waals surface area contributed by atoms with Crippen LogP contribution in [0.15, 0.2) is 47.1 Å². The van der Waals surface area contributed by atoms with Gasteiger partial charge in [0, 0.05) is 6.42 Å². The average Bonchev–Trinajstić information content (AvgIpc) is 3.25. The van der Waals surface area contributed by atoms with Crippen molar-refractivity contribution in [2.24, 2.45) is 0 Å². The fourth-order valence-electron chi connectivity index (χ4n) is 2.12. The number of anilines is 1. The number of nitrogens with zero attached hydrogens (tertiary/aromatic N) is 2. The minimum absolute atomic E-state index is 0.246. The van der Waals surface area contributed by atoms with E-state index < -0.39 is 0 Å². The van der Waals surface area contributed by atoms with Crippen molar-refractivity contribution in [3.63, 3.8) is 0 Å². The molecule has 0 fully saturated rings. The van der Waals surface area contributed by atoms with Crippen LogP contribution in [0.3, 0.4) is 0 Å². The van der Waals surface area contributed by atoms with Crippen molar-refractivity contribution in [2.75, 3.05) is 12.4 Å². The Morgan fingerprint density at radius 3 is 2.87 bits per heavy atom. The quantitative estimate of drug-likeness (QED) is 0.751. The number of methoxy groups -OCH3 is 1. The smallest absolute Gasteiger partial charge is 0.293 e. The van der Waals surface area contributed by atoms with Gasteiger partial charge < -0.3 is 9.15 Å². The Balaban J connectivity index is 1.60. The number of furan rings is 1. The molecule has 0 atom stereocenters. The maximum absolute atomic E-state index is 11.9. The molecule has 0 spiro atoms. The monoisotopic (exact) mass is 329 g/mol. The first-order valence-corrected chi connectivity index (χ1v) is 7.87. The third kappa shape index (κ3) is 3.75. The standard InChI is InChI=1S/C16H15N3O3S/c1-21-12-6-3-2-5-11(12)8-9-14-18-19-16(23-14)17-15(20)13-7-4-10-22-13/h2-7,10H,8-9H2,1H3,(H,17,19,20). The Kier molecular flexibility index (Phi) is 4.68. The summed E-state index contributed by atoms with van der Waals surface area (Å²) in [4.78, 5) is 11.9. The SMILES string of the molecule is COc1ccccc1CCc1nnc(NC(=O)c2ccco2)s1. The summed E-state index contributed by atoms with van der Waals surface area (Å²) in [6.45, 7) is 0. The third-order valence-corrected chi connectivity index (χ3v) is 4.13. The molecule has 7 heteroatoms. The number of nitrogens with one attached hydrogen (secondary N) is 1. The van der Waals surface area contributed by atoms with Crippen LogP contribution in [0.2, 0.25) is 0 Å². The fourth-order valence-corrected chi connectivity index (χ4v) is 2.86. The first-order valence-electron chi connectivity index (χ1n) is 7.05. The lowest BCUT2D eigenvalue weighted by atomic mass is 10.1. The molecule has 0 aliphatic rings. The van der Waals surface area contributed by atoms with Gasteiger partial charge in [0.05, 0.1) is 13.4 Å². The van der Waals surface area contributed by atoms with Crippen molar-refractivity contribution in [1.82, 2.24) is 10.2 Å². The van der Waals surface area contributed by atoms with E-state index in [1.165, 1.54) is 17.6 Å². The first kappa shape index (κ1) is 15.2. The van der Waals surface area contributed by atoms with E-state index in [0.29, 0.717) is 5.13 Å². The Bertz CT molecular complexity index is 783. The third-order valence-electron chi connectivity index (χ3n) is 3.23. The molecule has 1 N–H and O–H groups in total. The van der Waals surface area contributed by atoms with Crippen molar-refractivity contribution in [2.45, 2.75) is 12.8 Å². The Morgan fingerprint density at radius 2 is 2.09 bits per heavy atom. The van der Waals surface area contributed by atoms with Crippen LogP contribution < -0.4 is 10.1 Å². The maximum atomic E-state index is 11.9. The van der Waals surface area contributed by atoms with Crippen LogP contribution in [-0.4, -0.2) is 23.2 Å². The van der Waals surface area contributed by atoms with Gasteiger partial charge in [0.2, 0.25) is 5.13 Å². The van der Waals surface area contributed by atoms with E-state index in [2.05, 4.69) is 15.5 Å². The second kappa shape index (κ2) is 7.06.